The molecule has 0 fully saturated rings. The number of aryl methyl sites for hydroxylation is 4. The van der Waals surface area contributed by atoms with Crippen molar-refractivity contribution in [2.45, 2.75) is 92.6 Å². The molecule has 1 aromatic heterocycles. The molecule has 2 heteroatoms. The SMILES string of the molecule is CCC(CC)(c1ccc(CCC(O)C(C)(C)C)c(C)c1)c1ccc(-c2ccc(C)o2)c(C)c1. The molecule has 0 bridgehead atoms. The Morgan fingerprint density at radius 1 is 0.818 bits per heavy atom. The highest BCUT2D eigenvalue weighted by Gasteiger charge is 2.31. The topological polar surface area (TPSA) is 33.4 Å². The third kappa shape index (κ3) is 5.27. The summed E-state index contributed by atoms with van der Waals surface area (Å²) in [5.74, 6) is 1.88. The first-order valence-electron chi connectivity index (χ1n) is 12.5. The highest BCUT2D eigenvalue weighted by molar-refractivity contribution is 5.63. The second-order valence-corrected chi connectivity index (χ2v) is 10.8. The highest BCUT2D eigenvalue weighted by atomic mass is 16.3. The van der Waals surface area contributed by atoms with E-state index >= 15 is 0 Å². The maximum atomic E-state index is 10.5. The zero-order chi connectivity index (χ0) is 24.4. The average Bonchev–Trinajstić information content (AvgIpc) is 3.19. The summed E-state index contributed by atoms with van der Waals surface area (Å²) in [6.07, 6.45) is 3.50. The summed E-state index contributed by atoms with van der Waals surface area (Å²) in [7, 11) is 0. The quantitative estimate of drug-likeness (QED) is 0.377. The Morgan fingerprint density at radius 3 is 1.91 bits per heavy atom. The van der Waals surface area contributed by atoms with E-state index in [2.05, 4.69) is 90.9 Å². The summed E-state index contributed by atoms with van der Waals surface area (Å²) in [5, 5.41) is 10.5. The van der Waals surface area contributed by atoms with Gasteiger partial charge in [-0.05, 0) is 91.8 Å². The summed E-state index contributed by atoms with van der Waals surface area (Å²) in [4.78, 5) is 0. The first-order valence-corrected chi connectivity index (χ1v) is 12.5. The lowest BCUT2D eigenvalue weighted by Gasteiger charge is -2.34. The van der Waals surface area contributed by atoms with Gasteiger partial charge >= 0.3 is 0 Å². The molecule has 1 heterocycles. The molecule has 0 saturated carbocycles. The molecule has 1 N–H and O–H groups in total. The second-order valence-electron chi connectivity index (χ2n) is 10.8. The van der Waals surface area contributed by atoms with Gasteiger partial charge in [-0.25, -0.2) is 0 Å². The lowest BCUT2D eigenvalue weighted by molar-refractivity contribution is 0.0560. The van der Waals surface area contributed by atoms with Gasteiger partial charge in [0.25, 0.3) is 0 Å². The van der Waals surface area contributed by atoms with Crippen molar-refractivity contribution < 1.29 is 9.52 Å². The van der Waals surface area contributed by atoms with Crippen LogP contribution in [0, 0.1) is 26.2 Å². The summed E-state index contributed by atoms with van der Waals surface area (Å²) in [5.41, 5.74) is 7.72. The van der Waals surface area contributed by atoms with Crippen LogP contribution in [0.3, 0.4) is 0 Å². The molecule has 0 aliphatic rings. The lowest BCUT2D eigenvalue weighted by atomic mass is 9.69. The predicted molar refractivity (Wildman–Crippen MR) is 140 cm³/mol. The van der Waals surface area contributed by atoms with Gasteiger partial charge in [-0.2, -0.15) is 0 Å². The van der Waals surface area contributed by atoms with Gasteiger partial charge in [-0.15, -0.1) is 0 Å². The zero-order valence-corrected chi connectivity index (χ0v) is 21.9. The molecule has 1 unspecified atom stereocenters. The van der Waals surface area contributed by atoms with Crippen molar-refractivity contribution in [2.75, 3.05) is 0 Å². The van der Waals surface area contributed by atoms with E-state index in [0.717, 1.165) is 42.8 Å². The minimum Gasteiger partial charge on any atom is -0.461 e. The summed E-state index contributed by atoms with van der Waals surface area (Å²) >= 11 is 0. The first-order chi connectivity index (χ1) is 15.5. The van der Waals surface area contributed by atoms with Gasteiger partial charge in [-0.1, -0.05) is 71.0 Å². The number of hydrogen-bond acceptors (Lipinski definition) is 2. The minimum absolute atomic E-state index is 0.0173. The molecule has 0 saturated heterocycles. The van der Waals surface area contributed by atoms with Crippen LogP contribution in [0.2, 0.25) is 0 Å². The third-order valence-corrected chi connectivity index (χ3v) is 7.57. The Kier molecular flexibility index (Phi) is 7.59. The fourth-order valence-electron chi connectivity index (χ4n) is 5.05. The van der Waals surface area contributed by atoms with E-state index < -0.39 is 0 Å². The van der Waals surface area contributed by atoms with E-state index in [1.807, 2.05) is 13.0 Å². The Balaban J connectivity index is 1.93. The third-order valence-electron chi connectivity index (χ3n) is 7.57. The smallest absolute Gasteiger partial charge is 0.134 e. The van der Waals surface area contributed by atoms with Crippen molar-refractivity contribution in [3.63, 3.8) is 0 Å². The van der Waals surface area contributed by atoms with Crippen LogP contribution >= 0.6 is 0 Å². The normalized spacial score (nSPS) is 13.4. The van der Waals surface area contributed by atoms with Crippen LogP contribution < -0.4 is 0 Å². The van der Waals surface area contributed by atoms with Crippen molar-refractivity contribution in [1.82, 2.24) is 0 Å². The van der Waals surface area contributed by atoms with Crippen molar-refractivity contribution in [2.24, 2.45) is 5.41 Å². The number of aliphatic hydroxyl groups is 1. The van der Waals surface area contributed by atoms with Crippen LogP contribution in [0.15, 0.2) is 52.9 Å². The standard InChI is InChI=1S/C31H42O2/c1-9-31(10-2,26-15-16-27(22(4)20-26)28-17-11-23(5)33-28)25-14-12-24(21(3)19-25)13-18-29(32)30(6,7)8/h11-12,14-17,19-20,29,32H,9-10,13,18H2,1-8H3. The maximum absolute atomic E-state index is 10.5. The Morgan fingerprint density at radius 2 is 1.42 bits per heavy atom. The largest absolute Gasteiger partial charge is 0.461 e. The van der Waals surface area contributed by atoms with Crippen LogP contribution in [0.5, 0.6) is 0 Å². The van der Waals surface area contributed by atoms with E-state index in [0.29, 0.717) is 0 Å². The van der Waals surface area contributed by atoms with E-state index in [9.17, 15) is 5.11 Å². The fraction of sp³-hybridized carbons (Fsp3) is 0.484. The molecule has 0 aliphatic carbocycles. The maximum Gasteiger partial charge on any atom is 0.134 e. The van der Waals surface area contributed by atoms with Gasteiger partial charge in [0, 0.05) is 11.0 Å². The second kappa shape index (κ2) is 9.89. The van der Waals surface area contributed by atoms with Crippen molar-refractivity contribution >= 4 is 0 Å². The number of hydrogen-bond donors (Lipinski definition) is 1. The van der Waals surface area contributed by atoms with Crippen LogP contribution in [0.25, 0.3) is 11.3 Å². The van der Waals surface area contributed by atoms with E-state index in [-0.39, 0.29) is 16.9 Å². The van der Waals surface area contributed by atoms with Crippen LogP contribution in [-0.2, 0) is 11.8 Å². The van der Waals surface area contributed by atoms with E-state index in [1.54, 1.807) is 0 Å². The molecule has 0 aliphatic heterocycles. The van der Waals surface area contributed by atoms with Crippen LogP contribution in [0.4, 0.5) is 0 Å². The van der Waals surface area contributed by atoms with Gasteiger partial charge in [0.2, 0.25) is 0 Å². The van der Waals surface area contributed by atoms with Gasteiger partial charge in [-0.3, -0.25) is 0 Å². The van der Waals surface area contributed by atoms with E-state index in [4.69, 9.17) is 4.42 Å². The van der Waals surface area contributed by atoms with Crippen LogP contribution in [0.1, 0.15) is 87.5 Å². The van der Waals surface area contributed by atoms with E-state index in [1.165, 1.54) is 27.8 Å². The number of furan rings is 1. The van der Waals surface area contributed by atoms with Gasteiger partial charge in [0.1, 0.15) is 11.5 Å². The molecule has 33 heavy (non-hydrogen) atoms. The molecule has 0 radical (unpaired) electrons. The highest BCUT2D eigenvalue weighted by Crippen LogP contribution is 2.41. The number of aliphatic hydroxyl groups excluding tert-OH is 1. The minimum atomic E-state index is -0.290. The molecule has 178 valence electrons. The van der Waals surface area contributed by atoms with Crippen LogP contribution in [-0.4, -0.2) is 11.2 Å². The summed E-state index contributed by atoms with van der Waals surface area (Å²) < 4.78 is 5.88. The molecule has 2 nitrogen and oxygen atoms in total. The van der Waals surface area contributed by atoms with Crippen molar-refractivity contribution in [3.05, 3.63) is 82.1 Å². The molecule has 3 rings (SSSR count). The Labute approximate surface area is 201 Å². The zero-order valence-electron chi connectivity index (χ0n) is 21.9. The lowest BCUT2D eigenvalue weighted by Crippen LogP contribution is -2.27. The van der Waals surface area contributed by atoms with Gasteiger partial charge in [0.15, 0.2) is 0 Å². The van der Waals surface area contributed by atoms with Crippen molar-refractivity contribution in [1.29, 1.82) is 0 Å². The molecule has 0 amide bonds. The van der Waals surface area contributed by atoms with Gasteiger partial charge in [0.05, 0.1) is 6.10 Å². The average molecular weight is 447 g/mol. The molecular formula is C31H42O2. The monoisotopic (exact) mass is 446 g/mol. The fourth-order valence-corrected chi connectivity index (χ4v) is 5.05. The Hall–Kier alpha value is -2.32. The Bertz CT molecular complexity index is 1080. The molecule has 0 spiro atoms. The molecule has 3 aromatic rings. The van der Waals surface area contributed by atoms with Gasteiger partial charge < -0.3 is 9.52 Å². The predicted octanol–water partition coefficient (Wildman–Crippen LogP) is 8.32. The number of rotatable bonds is 8. The molecule has 2 aromatic carbocycles. The molecule has 1 atom stereocenters. The summed E-state index contributed by atoms with van der Waals surface area (Å²) in [6, 6.07) is 17.9. The number of benzene rings is 2. The molecular weight excluding hydrogens is 404 g/mol. The van der Waals surface area contributed by atoms with Crippen molar-refractivity contribution in [3.8, 4) is 11.3 Å². The summed E-state index contributed by atoms with van der Waals surface area (Å²) in [6.45, 7) is 17.3. The first kappa shape index (κ1) is 25.3.